The van der Waals surface area contributed by atoms with Gasteiger partial charge < -0.3 is 0 Å². The lowest BCUT2D eigenvalue weighted by molar-refractivity contribution is -0.741. The molecule has 2 aromatic carbocycles. The van der Waals surface area contributed by atoms with E-state index in [0.717, 1.165) is 12.8 Å². The van der Waals surface area contributed by atoms with Crippen LogP contribution in [-0.2, 0) is 5.54 Å². The summed E-state index contributed by atoms with van der Waals surface area (Å²) in [4.78, 5) is 0. The average molecular weight is 357 g/mol. The van der Waals surface area contributed by atoms with Crippen molar-refractivity contribution in [2.24, 2.45) is 0 Å². The van der Waals surface area contributed by atoms with Crippen LogP contribution in [0.25, 0.3) is 37.0 Å². The highest BCUT2D eigenvalue weighted by Crippen LogP contribution is 2.48. The van der Waals surface area contributed by atoms with Gasteiger partial charge in [-0.05, 0) is 17.7 Å². The van der Waals surface area contributed by atoms with Crippen LogP contribution < -0.4 is 4.57 Å². The van der Waals surface area contributed by atoms with Crippen molar-refractivity contribution in [3.05, 3.63) is 72.9 Å². The van der Waals surface area contributed by atoms with E-state index in [-0.39, 0.29) is 5.54 Å². The smallest absolute Gasteiger partial charge is 0.189 e. The van der Waals surface area contributed by atoms with Crippen LogP contribution >= 0.6 is 11.3 Å². The number of rotatable bonds is 2. The summed E-state index contributed by atoms with van der Waals surface area (Å²) in [5.74, 6) is 0. The van der Waals surface area contributed by atoms with Gasteiger partial charge in [-0.25, -0.2) is 0 Å². The molecule has 4 aromatic rings. The first-order chi connectivity index (χ1) is 12.7. The van der Waals surface area contributed by atoms with Gasteiger partial charge >= 0.3 is 0 Å². The van der Waals surface area contributed by atoms with Gasteiger partial charge in [-0.1, -0.05) is 50.8 Å². The third-order valence-electron chi connectivity index (χ3n) is 6.18. The number of fused-ring (bicyclic) bond motifs is 7. The predicted molar refractivity (Wildman–Crippen MR) is 113 cm³/mol. The molecule has 0 atom stereocenters. The normalized spacial score (nSPS) is 15.2. The highest BCUT2D eigenvalue weighted by molar-refractivity contribution is 7.26. The van der Waals surface area contributed by atoms with Crippen LogP contribution in [0.15, 0.2) is 67.4 Å². The average Bonchev–Trinajstić information content (AvgIpc) is 3.07. The highest BCUT2D eigenvalue weighted by atomic mass is 32.1. The first-order valence-corrected chi connectivity index (χ1v) is 10.2. The summed E-state index contributed by atoms with van der Waals surface area (Å²) in [6.07, 6.45) is 4.34. The summed E-state index contributed by atoms with van der Waals surface area (Å²) in [5.41, 5.74) is 5.20. The van der Waals surface area contributed by atoms with Gasteiger partial charge in [0.25, 0.3) is 0 Å². The molecule has 0 aliphatic carbocycles. The van der Waals surface area contributed by atoms with Crippen LogP contribution in [0.2, 0.25) is 0 Å². The zero-order valence-corrected chi connectivity index (χ0v) is 16.1. The van der Waals surface area contributed by atoms with Crippen molar-refractivity contribution < 1.29 is 4.57 Å². The lowest BCUT2D eigenvalue weighted by atomic mass is 9.75. The van der Waals surface area contributed by atoms with Crippen LogP contribution in [0, 0.1) is 0 Å². The number of hydrogen-bond acceptors (Lipinski definition) is 1. The fourth-order valence-corrected chi connectivity index (χ4v) is 5.99. The number of hydrogen-bond donors (Lipinski definition) is 0. The minimum Gasteiger partial charge on any atom is -0.189 e. The highest BCUT2D eigenvalue weighted by Gasteiger charge is 2.47. The van der Waals surface area contributed by atoms with E-state index < -0.39 is 0 Å². The molecular formula is C24H22NS+. The molecule has 0 amide bonds. The number of pyridine rings is 1. The largest absolute Gasteiger partial charge is 0.215 e. The van der Waals surface area contributed by atoms with E-state index in [1.54, 1.807) is 0 Å². The third-order valence-corrected chi connectivity index (χ3v) is 7.38. The minimum absolute atomic E-state index is 0.0338. The van der Waals surface area contributed by atoms with Crippen LogP contribution in [0.1, 0.15) is 32.3 Å². The van der Waals surface area contributed by atoms with Crippen LogP contribution in [-0.4, -0.2) is 0 Å². The van der Waals surface area contributed by atoms with E-state index in [2.05, 4.69) is 85.8 Å². The molecule has 5 rings (SSSR count). The lowest BCUT2D eigenvalue weighted by Crippen LogP contribution is -2.59. The number of benzene rings is 2. The Balaban J connectivity index is 1.96. The molecule has 1 aliphatic heterocycles. The molecule has 0 spiro atoms. The van der Waals surface area contributed by atoms with Crippen LogP contribution in [0.3, 0.4) is 0 Å². The monoisotopic (exact) mass is 356 g/mol. The quantitative estimate of drug-likeness (QED) is 0.358. The molecule has 1 nitrogen and oxygen atoms in total. The lowest BCUT2D eigenvalue weighted by Gasteiger charge is -2.34. The molecule has 1 aliphatic rings. The van der Waals surface area contributed by atoms with E-state index in [1.165, 1.54) is 42.6 Å². The second kappa shape index (κ2) is 5.52. The van der Waals surface area contributed by atoms with Crippen LogP contribution in [0.4, 0.5) is 0 Å². The minimum atomic E-state index is -0.0338. The SMILES string of the molecule is C=C1c2ccc3c(sc4ccccc43)c2-c2cccc[n+]2C1(CC)CC. The fourth-order valence-electron chi connectivity index (χ4n) is 4.73. The Morgan fingerprint density at radius 2 is 1.69 bits per heavy atom. The molecule has 2 aromatic heterocycles. The second-order valence-electron chi connectivity index (χ2n) is 7.14. The van der Waals surface area contributed by atoms with Gasteiger partial charge in [0.05, 0.1) is 10.3 Å². The standard InChI is InChI=1S/C24H22NS/c1-4-24(5-2)16(3)17-13-14-19-18-10-6-7-12-21(18)26-23(19)22(17)20-11-8-9-15-25(20)24/h6-15H,3-5H2,1-2H3/q+1. The van der Waals surface area contributed by atoms with E-state index in [9.17, 15) is 0 Å². The molecule has 26 heavy (non-hydrogen) atoms. The van der Waals surface area contributed by atoms with E-state index in [4.69, 9.17) is 0 Å². The fraction of sp³-hybridized carbons (Fsp3) is 0.208. The Labute approximate surface area is 158 Å². The molecule has 0 unspecified atom stereocenters. The van der Waals surface area contributed by atoms with Gasteiger partial charge in [-0.15, -0.1) is 11.3 Å². The topological polar surface area (TPSA) is 3.88 Å². The van der Waals surface area contributed by atoms with E-state index >= 15 is 0 Å². The van der Waals surface area contributed by atoms with Crippen molar-refractivity contribution in [1.29, 1.82) is 0 Å². The zero-order chi connectivity index (χ0) is 17.9. The number of thiophene rings is 1. The first kappa shape index (κ1) is 15.8. The summed E-state index contributed by atoms with van der Waals surface area (Å²) in [5, 5.41) is 2.71. The Hall–Kier alpha value is -2.45. The van der Waals surface area contributed by atoms with E-state index in [1.807, 2.05) is 11.3 Å². The van der Waals surface area contributed by atoms with Crippen molar-refractivity contribution in [2.45, 2.75) is 32.2 Å². The molecule has 128 valence electrons. The van der Waals surface area contributed by atoms with Gasteiger partial charge in [-0.2, -0.15) is 4.57 Å². The van der Waals surface area contributed by atoms with Gasteiger partial charge in [0, 0.05) is 46.0 Å². The van der Waals surface area contributed by atoms with Crippen molar-refractivity contribution in [1.82, 2.24) is 0 Å². The Morgan fingerprint density at radius 1 is 0.923 bits per heavy atom. The summed E-state index contributed by atoms with van der Waals surface area (Å²) >= 11 is 1.90. The van der Waals surface area contributed by atoms with Crippen molar-refractivity contribution >= 4 is 37.1 Å². The third kappa shape index (κ3) is 1.83. The molecule has 0 bridgehead atoms. The Morgan fingerprint density at radius 3 is 2.50 bits per heavy atom. The van der Waals surface area contributed by atoms with Gasteiger partial charge in [0.2, 0.25) is 5.69 Å². The van der Waals surface area contributed by atoms with Gasteiger partial charge in [-0.3, -0.25) is 0 Å². The summed E-state index contributed by atoms with van der Waals surface area (Å²) < 4.78 is 5.21. The second-order valence-corrected chi connectivity index (χ2v) is 8.19. The Bertz CT molecular complexity index is 1180. The summed E-state index contributed by atoms with van der Waals surface area (Å²) in [7, 11) is 0. The molecule has 0 saturated carbocycles. The first-order valence-electron chi connectivity index (χ1n) is 9.37. The maximum absolute atomic E-state index is 4.59. The predicted octanol–water partition coefficient (Wildman–Crippen LogP) is 6.55. The number of allylic oxidation sites excluding steroid dienone is 1. The summed E-state index contributed by atoms with van der Waals surface area (Å²) in [6.45, 7) is 9.15. The molecule has 0 radical (unpaired) electrons. The molecule has 3 heterocycles. The molecule has 0 fully saturated rings. The van der Waals surface area contributed by atoms with Gasteiger partial charge in [0.1, 0.15) is 0 Å². The number of aromatic nitrogens is 1. The molecular weight excluding hydrogens is 334 g/mol. The Kier molecular flexibility index (Phi) is 3.35. The molecule has 0 N–H and O–H groups in total. The maximum atomic E-state index is 4.59. The van der Waals surface area contributed by atoms with Crippen molar-refractivity contribution in [3.8, 4) is 11.3 Å². The molecule has 0 saturated heterocycles. The maximum Gasteiger partial charge on any atom is 0.215 e. The van der Waals surface area contributed by atoms with Gasteiger partial charge in [0.15, 0.2) is 11.7 Å². The van der Waals surface area contributed by atoms with Crippen molar-refractivity contribution in [2.75, 3.05) is 0 Å². The van der Waals surface area contributed by atoms with Crippen molar-refractivity contribution in [3.63, 3.8) is 0 Å². The molecule has 2 heteroatoms. The summed E-state index contributed by atoms with van der Waals surface area (Å²) in [6, 6.07) is 19.9. The zero-order valence-electron chi connectivity index (χ0n) is 15.3. The van der Waals surface area contributed by atoms with Crippen LogP contribution in [0.5, 0.6) is 0 Å². The number of nitrogens with zero attached hydrogens (tertiary/aromatic N) is 1. The van der Waals surface area contributed by atoms with E-state index in [0.29, 0.717) is 0 Å².